The second kappa shape index (κ2) is 9.52. The lowest BCUT2D eigenvalue weighted by Crippen LogP contribution is -2.32. The molecule has 2 aromatic rings. The minimum Gasteiger partial charge on any atom is -0.350 e. The minimum absolute atomic E-state index is 0.112. The topological polar surface area (TPSA) is 87.3 Å². The Hall–Kier alpha value is -3.15. The van der Waals surface area contributed by atoms with E-state index < -0.39 is 0 Å². The molecule has 2 aromatic carbocycles. The maximum Gasteiger partial charge on any atom is 0.251 e. The van der Waals surface area contributed by atoms with Gasteiger partial charge in [0.1, 0.15) is 0 Å². The van der Waals surface area contributed by atoms with E-state index in [2.05, 4.69) is 16.0 Å². The number of rotatable bonds is 7. The largest absolute Gasteiger partial charge is 0.350 e. The maximum atomic E-state index is 12.3. The van der Waals surface area contributed by atoms with E-state index in [1.807, 2.05) is 19.9 Å². The average Bonchev–Trinajstić information content (AvgIpc) is 2.66. The van der Waals surface area contributed by atoms with Gasteiger partial charge in [-0.25, -0.2) is 0 Å². The normalized spacial score (nSPS) is 11.4. The highest BCUT2D eigenvalue weighted by Gasteiger charge is 2.10. The summed E-state index contributed by atoms with van der Waals surface area (Å²) < 4.78 is 0. The fraction of sp³-hybridized carbons (Fsp3) is 0.286. The third-order valence-corrected chi connectivity index (χ3v) is 4.10. The number of hydrogen-bond donors (Lipinski definition) is 3. The Bertz CT molecular complexity index is 816. The summed E-state index contributed by atoms with van der Waals surface area (Å²) >= 11 is 0. The van der Waals surface area contributed by atoms with Gasteiger partial charge in [0.2, 0.25) is 5.91 Å². The fourth-order valence-corrected chi connectivity index (χ4v) is 2.42. The van der Waals surface area contributed by atoms with Crippen LogP contribution in [0.15, 0.2) is 48.5 Å². The molecule has 0 spiro atoms. The van der Waals surface area contributed by atoms with Gasteiger partial charge in [-0.2, -0.15) is 0 Å². The zero-order valence-corrected chi connectivity index (χ0v) is 15.8. The van der Waals surface area contributed by atoms with Gasteiger partial charge >= 0.3 is 0 Å². The van der Waals surface area contributed by atoms with Crippen molar-refractivity contribution in [3.05, 3.63) is 65.2 Å². The Kier molecular flexibility index (Phi) is 7.11. The molecule has 0 aliphatic rings. The highest BCUT2D eigenvalue weighted by Crippen LogP contribution is 2.10. The molecule has 6 nitrogen and oxygen atoms in total. The number of benzene rings is 2. The summed E-state index contributed by atoms with van der Waals surface area (Å²) in [4.78, 5) is 35.5. The molecule has 0 aliphatic carbocycles. The van der Waals surface area contributed by atoms with Crippen molar-refractivity contribution >= 4 is 23.4 Å². The van der Waals surface area contributed by atoms with Crippen LogP contribution in [0.3, 0.4) is 0 Å². The molecule has 0 bridgehead atoms. The van der Waals surface area contributed by atoms with Crippen molar-refractivity contribution in [2.24, 2.45) is 0 Å². The Morgan fingerprint density at radius 3 is 2.30 bits per heavy atom. The Morgan fingerprint density at radius 1 is 0.963 bits per heavy atom. The van der Waals surface area contributed by atoms with Crippen LogP contribution in [0, 0.1) is 0 Å². The van der Waals surface area contributed by atoms with E-state index >= 15 is 0 Å². The first-order valence-corrected chi connectivity index (χ1v) is 8.94. The van der Waals surface area contributed by atoms with Crippen molar-refractivity contribution in [1.82, 2.24) is 10.6 Å². The second-order valence-electron chi connectivity index (χ2n) is 6.42. The second-order valence-corrected chi connectivity index (χ2v) is 6.42. The Labute approximate surface area is 159 Å². The molecule has 0 aromatic heterocycles. The zero-order valence-electron chi connectivity index (χ0n) is 15.8. The fourth-order valence-electron chi connectivity index (χ4n) is 2.42. The van der Waals surface area contributed by atoms with Gasteiger partial charge in [-0.3, -0.25) is 14.4 Å². The minimum atomic E-state index is -0.223. The van der Waals surface area contributed by atoms with Gasteiger partial charge in [-0.05, 0) is 55.3 Å². The molecule has 0 radical (unpaired) electrons. The molecule has 0 saturated heterocycles. The van der Waals surface area contributed by atoms with Crippen molar-refractivity contribution in [3.8, 4) is 0 Å². The van der Waals surface area contributed by atoms with Crippen LogP contribution in [0.4, 0.5) is 5.69 Å². The molecular weight excluding hydrogens is 342 g/mol. The first-order valence-electron chi connectivity index (χ1n) is 8.94. The Morgan fingerprint density at radius 2 is 1.67 bits per heavy atom. The molecular formula is C21H25N3O3. The van der Waals surface area contributed by atoms with E-state index in [1.165, 1.54) is 6.92 Å². The van der Waals surface area contributed by atoms with Crippen LogP contribution in [0.2, 0.25) is 0 Å². The zero-order chi connectivity index (χ0) is 19.8. The molecule has 3 amide bonds. The number of amides is 3. The van der Waals surface area contributed by atoms with Crippen LogP contribution in [0.1, 0.15) is 53.5 Å². The van der Waals surface area contributed by atoms with E-state index in [0.717, 1.165) is 12.0 Å². The molecule has 0 saturated carbocycles. The summed E-state index contributed by atoms with van der Waals surface area (Å²) in [5, 5.41) is 8.42. The molecule has 1 unspecified atom stereocenters. The van der Waals surface area contributed by atoms with E-state index in [4.69, 9.17) is 0 Å². The quantitative estimate of drug-likeness (QED) is 0.703. The number of hydrogen-bond acceptors (Lipinski definition) is 3. The van der Waals surface area contributed by atoms with Gasteiger partial charge in [0.05, 0.1) is 0 Å². The van der Waals surface area contributed by atoms with Crippen LogP contribution < -0.4 is 16.0 Å². The predicted molar refractivity (Wildman–Crippen MR) is 106 cm³/mol. The number of nitrogens with one attached hydrogen (secondary N) is 3. The Balaban J connectivity index is 1.95. The van der Waals surface area contributed by atoms with Gasteiger partial charge < -0.3 is 16.0 Å². The summed E-state index contributed by atoms with van der Waals surface area (Å²) in [7, 11) is 0. The van der Waals surface area contributed by atoms with Crippen LogP contribution >= 0.6 is 0 Å². The highest BCUT2D eigenvalue weighted by atomic mass is 16.2. The SMILES string of the molecule is CCC(C)NC(=O)c1cccc(CNC(=O)c2ccc(NC(C)=O)cc2)c1. The molecule has 6 heteroatoms. The summed E-state index contributed by atoms with van der Waals surface area (Å²) in [6.07, 6.45) is 0.863. The summed E-state index contributed by atoms with van der Waals surface area (Å²) in [5.41, 5.74) is 2.55. The lowest BCUT2D eigenvalue weighted by atomic mass is 10.1. The molecule has 2 rings (SSSR count). The van der Waals surface area contributed by atoms with Gasteiger partial charge in [-0.15, -0.1) is 0 Å². The third kappa shape index (κ3) is 6.26. The monoisotopic (exact) mass is 367 g/mol. The van der Waals surface area contributed by atoms with E-state index in [1.54, 1.807) is 42.5 Å². The molecule has 0 fully saturated rings. The smallest absolute Gasteiger partial charge is 0.251 e. The summed E-state index contributed by atoms with van der Waals surface area (Å²) in [6, 6.07) is 14.0. The molecule has 1 atom stereocenters. The van der Waals surface area contributed by atoms with Gasteiger partial charge in [0.25, 0.3) is 11.8 Å². The molecule has 0 heterocycles. The van der Waals surface area contributed by atoms with Crippen LogP contribution in [0.5, 0.6) is 0 Å². The maximum absolute atomic E-state index is 12.3. The standard InChI is InChI=1S/C21H25N3O3/c1-4-14(2)23-21(27)18-7-5-6-16(12-18)13-22-20(26)17-8-10-19(11-9-17)24-15(3)25/h5-12,14H,4,13H2,1-3H3,(H,22,26)(H,23,27)(H,24,25). The van der Waals surface area contributed by atoms with Crippen LogP contribution in [0.25, 0.3) is 0 Å². The molecule has 27 heavy (non-hydrogen) atoms. The lowest BCUT2D eigenvalue weighted by molar-refractivity contribution is -0.114. The average molecular weight is 367 g/mol. The molecule has 142 valence electrons. The number of anilines is 1. The first kappa shape index (κ1) is 20.2. The van der Waals surface area contributed by atoms with Crippen molar-refractivity contribution in [1.29, 1.82) is 0 Å². The van der Waals surface area contributed by atoms with Crippen LogP contribution in [-0.4, -0.2) is 23.8 Å². The van der Waals surface area contributed by atoms with E-state index in [-0.39, 0.29) is 23.8 Å². The van der Waals surface area contributed by atoms with Gasteiger partial charge in [-0.1, -0.05) is 19.1 Å². The van der Waals surface area contributed by atoms with Crippen LogP contribution in [-0.2, 0) is 11.3 Å². The highest BCUT2D eigenvalue weighted by molar-refractivity contribution is 5.96. The molecule has 0 aliphatic heterocycles. The number of carbonyl (C=O) groups is 3. The van der Waals surface area contributed by atoms with Crippen molar-refractivity contribution in [2.45, 2.75) is 39.8 Å². The van der Waals surface area contributed by atoms with Gasteiger partial charge in [0, 0.05) is 36.3 Å². The summed E-state index contributed by atoms with van der Waals surface area (Å²) in [5.74, 6) is -0.505. The van der Waals surface area contributed by atoms with Crippen molar-refractivity contribution in [3.63, 3.8) is 0 Å². The first-order chi connectivity index (χ1) is 12.9. The lowest BCUT2D eigenvalue weighted by Gasteiger charge is -2.12. The van der Waals surface area contributed by atoms with E-state index in [9.17, 15) is 14.4 Å². The third-order valence-electron chi connectivity index (χ3n) is 4.10. The molecule has 3 N–H and O–H groups in total. The number of carbonyl (C=O) groups excluding carboxylic acids is 3. The van der Waals surface area contributed by atoms with Crippen molar-refractivity contribution < 1.29 is 14.4 Å². The summed E-state index contributed by atoms with van der Waals surface area (Å²) in [6.45, 7) is 5.72. The van der Waals surface area contributed by atoms with E-state index in [0.29, 0.717) is 23.4 Å². The van der Waals surface area contributed by atoms with Gasteiger partial charge in [0.15, 0.2) is 0 Å². The van der Waals surface area contributed by atoms with Crippen molar-refractivity contribution in [2.75, 3.05) is 5.32 Å². The predicted octanol–water partition coefficient (Wildman–Crippen LogP) is 3.10.